The molecule has 0 aromatic heterocycles. The van der Waals surface area contributed by atoms with Crippen molar-refractivity contribution in [3.8, 4) is 0 Å². The van der Waals surface area contributed by atoms with Crippen LogP contribution in [0.2, 0.25) is 0 Å². The molecule has 3 atom stereocenters. The number of rotatable bonds is 7. The molecule has 0 bridgehead atoms. The van der Waals surface area contributed by atoms with E-state index < -0.39 is 35.1 Å². The summed E-state index contributed by atoms with van der Waals surface area (Å²) in [6.07, 6.45) is 0. The molecule has 1 rings (SSSR count). The highest BCUT2D eigenvalue weighted by Gasteiger charge is 2.28. The Morgan fingerprint density at radius 2 is 1.62 bits per heavy atom. The fraction of sp³-hybridized carbons (Fsp3) is 0.529. The van der Waals surface area contributed by atoms with E-state index in [2.05, 4.69) is 10.6 Å². The number of nitrogens with one attached hydrogen (secondary N) is 2. The molecule has 0 aliphatic carbocycles. The van der Waals surface area contributed by atoms with E-state index in [4.69, 9.17) is 5.11 Å². The highest BCUT2D eigenvalue weighted by Crippen LogP contribution is 2.13. The van der Waals surface area contributed by atoms with Gasteiger partial charge in [-0.25, -0.2) is 8.78 Å². The highest BCUT2D eigenvalue weighted by molar-refractivity contribution is 5.98. The van der Waals surface area contributed by atoms with Crippen LogP contribution in [0.15, 0.2) is 18.2 Å². The number of benzene rings is 1. The average Bonchev–Trinajstić information content (AvgIpc) is 2.50. The summed E-state index contributed by atoms with van der Waals surface area (Å²) in [6.45, 7) is 6.82. The lowest BCUT2D eigenvalue weighted by molar-refractivity contribution is -0.125. The van der Waals surface area contributed by atoms with Gasteiger partial charge >= 0.3 is 0 Å². The summed E-state index contributed by atoms with van der Waals surface area (Å²) >= 11 is 0. The van der Waals surface area contributed by atoms with Gasteiger partial charge in [0.05, 0.1) is 0 Å². The first-order chi connectivity index (χ1) is 11.2. The summed E-state index contributed by atoms with van der Waals surface area (Å²) in [4.78, 5) is 24.5. The Kier molecular flexibility index (Phi) is 7.28. The van der Waals surface area contributed by atoms with Gasteiger partial charge in [0, 0.05) is 12.6 Å². The fourth-order valence-corrected chi connectivity index (χ4v) is 2.08. The van der Waals surface area contributed by atoms with Gasteiger partial charge < -0.3 is 15.7 Å². The summed E-state index contributed by atoms with van der Waals surface area (Å²) in [5.74, 6) is -3.89. The van der Waals surface area contributed by atoms with E-state index in [1.54, 1.807) is 27.7 Å². The van der Waals surface area contributed by atoms with Crippen molar-refractivity contribution in [2.24, 2.45) is 11.8 Å². The molecule has 3 unspecified atom stereocenters. The van der Waals surface area contributed by atoms with Gasteiger partial charge in [-0.3, -0.25) is 9.59 Å². The monoisotopic (exact) mass is 342 g/mol. The molecule has 0 spiro atoms. The summed E-state index contributed by atoms with van der Waals surface area (Å²) in [6, 6.07) is 1.85. The third kappa shape index (κ3) is 4.99. The zero-order valence-corrected chi connectivity index (χ0v) is 14.3. The second-order valence-corrected chi connectivity index (χ2v) is 6.25. The zero-order valence-electron chi connectivity index (χ0n) is 14.3. The van der Waals surface area contributed by atoms with Crippen LogP contribution >= 0.6 is 0 Å². The lowest BCUT2D eigenvalue weighted by Crippen LogP contribution is -2.53. The van der Waals surface area contributed by atoms with Gasteiger partial charge in [-0.15, -0.1) is 0 Å². The first-order valence-corrected chi connectivity index (χ1v) is 7.85. The molecule has 0 radical (unpaired) electrons. The molecular weight excluding hydrogens is 318 g/mol. The molecule has 5 nitrogen and oxygen atoms in total. The van der Waals surface area contributed by atoms with E-state index in [1.807, 2.05) is 0 Å². The SMILES string of the molecule is CC(C)C(NC(=O)c1c(F)cccc1F)C(=O)NC(C)C(C)CO. The van der Waals surface area contributed by atoms with Crippen LogP contribution in [0.25, 0.3) is 0 Å². The summed E-state index contributed by atoms with van der Waals surface area (Å²) in [7, 11) is 0. The van der Waals surface area contributed by atoms with E-state index in [-0.39, 0.29) is 24.5 Å². The van der Waals surface area contributed by atoms with Crippen LogP contribution < -0.4 is 10.6 Å². The van der Waals surface area contributed by atoms with Crippen LogP contribution in [-0.2, 0) is 4.79 Å². The van der Waals surface area contributed by atoms with E-state index >= 15 is 0 Å². The van der Waals surface area contributed by atoms with E-state index in [0.717, 1.165) is 18.2 Å². The van der Waals surface area contributed by atoms with Gasteiger partial charge in [-0.2, -0.15) is 0 Å². The first-order valence-electron chi connectivity index (χ1n) is 7.85. The number of aliphatic hydroxyl groups excluding tert-OH is 1. The Morgan fingerprint density at radius 1 is 1.08 bits per heavy atom. The molecular formula is C17H24F2N2O3. The second kappa shape index (κ2) is 8.73. The summed E-state index contributed by atoms with van der Waals surface area (Å²) in [5, 5.41) is 14.2. The maximum Gasteiger partial charge on any atom is 0.257 e. The molecule has 134 valence electrons. The molecule has 0 aliphatic rings. The van der Waals surface area contributed by atoms with E-state index in [1.165, 1.54) is 0 Å². The van der Waals surface area contributed by atoms with Gasteiger partial charge in [-0.05, 0) is 30.9 Å². The highest BCUT2D eigenvalue weighted by atomic mass is 19.1. The van der Waals surface area contributed by atoms with E-state index in [0.29, 0.717) is 0 Å². The van der Waals surface area contributed by atoms with Crippen molar-refractivity contribution in [2.75, 3.05) is 6.61 Å². The fourth-order valence-electron chi connectivity index (χ4n) is 2.08. The molecule has 1 aromatic carbocycles. The van der Waals surface area contributed by atoms with E-state index in [9.17, 15) is 18.4 Å². The van der Waals surface area contributed by atoms with Crippen molar-refractivity contribution >= 4 is 11.8 Å². The topological polar surface area (TPSA) is 78.4 Å². The Hall–Kier alpha value is -2.02. The minimum absolute atomic E-state index is 0.0966. The van der Waals surface area contributed by atoms with Gasteiger partial charge in [0.2, 0.25) is 5.91 Å². The van der Waals surface area contributed by atoms with Crippen molar-refractivity contribution in [1.82, 2.24) is 10.6 Å². The maximum atomic E-state index is 13.7. The third-order valence-electron chi connectivity index (χ3n) is 3.94. The van der Waals surface area contributed by atoms with Crippen LogP contribution in [0.5, 0.6) is 0 Å². The average molecular weight is 342 g/mol. The van der Waals surface area contributed by atoms with Crippen LogP contribution in [0.4, 0.5) is 8.78 Å². The molecule has 0 fully saturated rings. The Morgan fingerprint density at radius 3 is 2.08 bits per heavy atom. The molecule has 24 heavy (non-hydrogen) atoms. The predicted molar refractivity (Wildman–Crippen MR) is 86.3 cm³/mol. The molecule has 0 aliphatic heterocycles. The molecule has 1 aromatic rings. The molecule has 0 heterocycles. The minimum atomic E-state index is -0.988. The molecule has 0 saturated heterocycles. The Labute approximate surface area is 140 Å². The number of amides is 2. The van der Waals surface area contributed by atoms with Crippen LogP contribution in [0.3, 0.4) is 0 Å². The Balaban J connectivity index is 2.90. The maximum absolute atomic E-state index is 13.7. The van der Waals surface area contributed by atoms with Gasteiger partial charge in [0.25, 0.3) is 5.91 Å². The minimum Gasteiger partial charge on any atom is -0.396 e. The zero-order chi connectivity index (χ0) is 18.4. The largest absolute Gasteiger partial charge is 0.396 e. The number of carbonyl (C=O) groups is 2. The van der Waals surface area contributed by atoms with Crippen molar-refractivity contribution in [3.05, 3.63) is 35.4 Å². The molecule has 7 heteroatoms. The first kappa shape index (κ1) is 20.0. The summed E-state index contributed by atoms with van der Waals surface area (Å²) in [5.41, 5.74) is -0.715. The number of hydrogen-bond acceptors (Lipinski definition) is 3. The van der Waals surface area contributed by atoms with Crippen LogP contribution in [0.1, 0.15) is 38.1 Å². The van der Waals surface area contributed by atoms with Crippen molar-refractivity contribution in [1.29, 1.82) is 0 Å². The number of hydrogen-bond donors (Lipinski definition) is 3. The molecule has 2 amide bonds. The van der Waals surface area contributed by atoms with Crippen LogP contribution in [-0.4, -0.2) is 35.6 Å². The Bertz CT molecular complexity index is 573. The quantitative estimate of drug-likeness (QED) is 0.708. The standard InChI is InChI=1S/C17H24F2N2O3/c1-9(2)15(17(24)20-11(4)10(3)8-22)21-16(23)14-12(18)6-5-7-13(14)19/h5-7,9-11,15,22H,8H2,1-4H3,(H,20,24)(H,21,23). The van der Waals surface area contributed by atoms with Gasteiger partial charge in [0.15, 0.2) is 0 Å². The molecule has 0 saturated carbocycles. The second-order valence-electron chi connectivity index (χ2n) is 6.25. The van der Waals surface area contributed by atoms with Crippen molar-refractivity contribution < 1.29 is 23.5 Å². The number of aliphatic hydroxyl groups is 1. The normalized spacial score (nSPS) is 14.8. The predicted octanol–water partition coefficient (Wildman–Crippen LogP) is 1.85. The number of carbonyl (C=O) groups excluding carboxylic acids is 2. The summed E-state index contributed by atoms with van der Waals surface area (Å²) < 4.78 is 27.4. The van der Waals surface area contributed by atoms with Gasteiger partial charge in [-0.1, -0.05) is 26.8 Å². The van der Waals surface area contributed by atoms with Gasteiger partial charge in [0.1, 0.15) is 23.2 Å². The molecule has 3 N–H and O–H groups in total. The number of halogens is 2. The van der Waals surface area contributed by atoms with Crippen molar-refractivity contribution in [2.45, 2.75) is 39.8 Å². The lowest BCUT2D eigenvalue weighted by Gasteiger charge is -2.26. The smallest absolute Gasteiger partial charge is 0.257 e. The van der Waals surface area contributed by atoms with Crippen LogP contribution in [0, 0.1) is 23.5 Å². The lowest BCUT2D eigenvalue weighted by atomic mass is 10.00. The van der Waals surface area contributed by atoms with Crippen molar-refractivity contribution in [3.63, 3.8) is 0 Å². The third-order valence-corrected chi connectivity index (χ3v) is 3.94.